The van der Waals surface area contributed by atoms with E-state index in [1.54, 1.807) is 0 Å². The largest absolute Gasteiger partial charge is 0.325 e. The lowest BCUT2D eigenvalue weighted by molar-refractivity contribution is 0.807. The molecular formula is C13H17N3. The third-order valence-electron chi connectivity index (χ3n) is 2.73. The van der Waals surface area contributed by atoms with Gasteiger partial charge in [-0.15, -0.1) is 0 Å². The maximum absolute atomic E-state index is 5.60. The van der Waals surface area contributed by atoms with Gasteiger partial charge in [-0.2, -0.15) is 5.10 Å². The van der Waals surface area contributed by atoms with Crippen molar-refractivity contribution in [2.75, 3.05) is 0 Å². The van der Waals surface area contributed by atoms with E-state index in [1.165, 1.54) is 11.1 Å². The van der Waals surface area contributed by atoms with Gasteiger partial charge in [0.15, 0.2) is 0 Å². The molecule has 1 heterocycles. The molecule has 1 aromatic carbocycles. The van der Waals surface area contributed by atoms with Gasteiger partial charge < -0.3 is 5.73 Å². The highest BCUT2D eigenvalue weighted by atomic mass is 15.3. The summed E-state index contributed by atoms with van der Waals surface area (Å²) in [6.07, 6.45) is 0. The molecule has 3 nitrogen and oxygen atoms in total. The molecule has 0 aliphatic carbocycles. The predicted octanol–water partition coefficient (Wildman–Crippen LogP) is 2.26. The Hall–Kier alpha value is -1.61. The van der Waals surface area contributed by atoms with Gasteiger partial charge >= 0.3 is 0 Å². The summed E-state index contributed by atoms with van der Waals surface area (Å²) in [6, 6.07) is 8.40. The zero-order chi connectivity index (χ0) is 11.7. The first kappa shape index (κ1) is 10.9. The standard InChI is InChI=1S/C13H17N3/c1-9-4-5-13(10(2)6-9)16-11(3)7-12(8-14)15-16/h4-7H,8,14H2,1-3H3. The Morgan fingerprint density at radius 2 is 1.94 bits per heavy atom. The van der Waals surface area contributed by atoms with Gasteiger partial charge in [-0.1, -0.05) is 17.7 Å². The van der Waals surface area contributed by atoms with Crippen molar-refractivity contribution in [1.82, 2.24) is 9.78 Å². The van der Waals surface area contributed by atoms with Gasteiger partial charge in [0.2, 0.25) is 0 Å². The maximum atomic E-state index is 5.60. The highest BCUT2D eigenvalue weighted by molar-refractivity contribution is 5.43. The van der Waals surface area contributed by atoms with Crippen LogP contribution in [0.1, 0.15) is 22.5 Å². The highest BCUT2D eigenvalue weighted by Crippen LogP contribution is 2.17. The Bertz CT molecular complexity index is 512. The average molecular weight is 215 g/mol. The fraction of sp³-hybridized carbons (Fsp3) is 0.308. The Morgan fingerprint density at radius 1 is 1.19 bits per heavy atom. The zero-order valence-corrected chi connectivity index (χ0v) is 9.99. The van der Waals surface area contributed by atoms with Crippen LogP contribution in [0.25, 0.3) is 5.69 Å². The van der Waals surface area contributed by atoms with E-state index in [9.17, 15) is 0 Å². The van der Waals surface area contributed by atoms with E-state index in [0.717, 1.165) is 17.1 Å². The van der Waals surface area contributed by atoms with E-state index in [4.69, 9.17) is 5.73 Å². The van der Waals surface area contributed by atoms with Crippen LogP contribution in [0.3, 0.4) is 0 Å². The number of hydrogen-bond acceptors (Lipinski definition) is 2. The predicted molar refractivity (Wildman–Crippen MR) is 65.7 cm³/mol. The van der Waals surface area contributed by atoms with E-state index < -0.39 is 0 Å². The van der Waals surface area contributed by atoms with Crippen LogP contribution in [-0.2, 0) is 6.54 Å². The molecular weight excluding hydrogens is 198 g/mol. The molecule has 2 aromatic rings. The summed E-state index contributed by atoms with van der Waals surface area (Å²) >= 11 is 0. The number of benzene rings is 1. The molecule has 0 saturated heterocycles. The van der Waals surface area contributed by atoms with Gasteiger partial charge in [0.05, 0.1) is 11.4 Å². The molecule has 16 heavy (non-hydrogen) atoms. The van der Waals surface area contributed by atoms with Crippen LogP contribution in [0, 0.1) is 20.8 Å². The third kappa shape index (κ3) is 1.86. The zero-order valence-electron chi connectivity index (χ0n) is 9.99. The highest BCUT2D eigenvalue weighted by Gasteiger charge is 2.07. The number of aryl methyl sites for hydroxylation is 3. The van der Waals surface area contributed by atoms with Crippen molar-refractivity contribution in [3.8, 4) is 5.69 Å². The molecule has 0 spiro atoms. The molecule has 0 aliphatic rings. The van der Waals surface area contributed by atoms with Crippen molar-refractivity contribution < 1.29 is 0 Å². The normalized spacial score (nSPS) is 10.8. The second-order valence-electron chi connectivity index (χ2n) is 4.18. The molecule has 0 amide bonds. The van der Waals surface area contributed by atoms with Crippen molar-refractivity contribution in [1.29, 1.82) is 0 Å². The summed E-state index contributed by atoms with van der Waals surface area (Å²) in [5, 5.41) is 4.48. The number of hydrogen-bond donors (Lipinski definition) is 1. The van der Waals surface area contributed by atoms with Gasteiger partial charge in [0, 0.05) is 12.2 Å². The van der Waals surface area contributed by atoms with Crippen molar-refractivity contribution in [3.05, 3.63) is 46.8 Å². The molecule has 1 aromatic heterocycles. The van der Waals surface area contributed by atoms with E-state index in [0.29, 0.717) is 6.54 Å². The third-order valence-corrected chi connectivity index (χ3v) is 2.73. The summed E-state index contributed by atoms with van der Waals surface area (Å²) in [5.74, 6) is 0. The summed E-state index contributed by atoms with van der Waals surface area (Å²) in [5.41, 5.74) is 11.3. The minimum absolute atomic E-state index is 0.485. The Morgan fingerprint density at radius 3 is 2.50 bits per heavy atom. The molecule has 0 bridgehead atoms. The van der Waals surface area contributed by atoms with Crippen LogP contribution in [0.4, 0.5) is 0 Å². The molecule has 0 radical (unpaired) electrons. The second kappa shape index (κ2) is 4.10. The lowest BCUT2D eigenvalue weighted by Gasteiger charge is -2.08. The number of rotatable bonds is 2. The van der Waals surface area contributed by atoms with Crippen LogP contribution in [0.15, 0.2) is 24.3 Å². The van der Waals surface area contributed by atoms with Crippen LogP contribution >= 0.6 is 0 Å². The molecule has 84 valence electrons. The molecule has 0 fully saturated rings. The lowest BCUT2D eigenvalue weighted by Crippen LogP contribution is -2.03. The first-order chi connectivity index (χ1) is 7.61. The number of nitrogens with two attached hydrogens (primary N) is 1. The van der Waals surface area contributed by atoms with Crippen molar-refractivity contribution >= 4 is 0 Å². The van der Waals surface area contributed by atoms with Crippen LogP contribution in [0.5, 0.6) is 0 Å². The maximum Gasteiger partial charge on any atom is 0.0767 e. The van der Waals surface area contributed by atoms with E-state index in [1.807, 2.05) is 17.7 Å². The quantitative estimate of drug-likeness (QED) is 0.835. The first-order valence-electron chi connectivity index (χ1n) is 5.45. The summed E-state index contributed by atoms with van der Waals surface area (Å²) in [6.45, 7) is 6.73. The Kier molecular flexibility index (Phi) is 2.79. The van der Waals surface area contributed by atoms with Crippen LogP contribution in [-0.4, -0.2) is 9.78 Å². The molecule has 3 heteroatoms. The van der Waals surface area contributed by atoms with Gasteiger partial charge in [-0.25, -0.2) is 4.68 Å². The molecule has 0 atom stereocenters. The first-order valence-corrected chi connectivity index (χ1v) is 5.45. The minimum Gasteiger partial charge on any atom is -0.325 e. The van der Waals surface area contributed by atoms with Crippen LogP contribution < -0.4 is 5.73 Å². The van der Waals surface area contributed by atoms with E-state index in [2.05, 4.69) is 37.1 Å². The van der Waals surface area contributed by atoms with E-state index >= 15 is 0 Å². The van der Waals surface area contributed by atoms with Gasteiger partial charge in [0.25, 0.3) is 0 Å². The number of nitrogens with zero attached hydrogens (tertiary/aromatic N) is 2. The number of aromatic nitrogens is 2. The molecule has 2 N–H and O–H groups in total. The monoisotopic (exact) mass is 215 g/mol. The second-order valence-corrected chi connectivity index (χ2v) is 4.18. The van der Waals surface area contributed by atoms with Crippen molar-refractivity contribution in [2.45, 2.75) is 27.3 Å². The van der Waals surface area contributed by atoms with Gasteiger partial charge in [-0.3, -0.25) is 0 Å². The molecule has 0 unspecified atom stereocenters. The fourth-order valence-corrected chi connectivity index (χ4v) is 1.93. The van der Waals surface area contributed by atoms with Crippen molar-refractivity contribution in [3.63, 3.8) is 0 Å². The van der Waals surface area contributed by atoms with E-state index in [-0.39, 0.29) is 0 Å². The van der Waals surface area contributed by atoms with Gasteiger partial charge in [-0.05, 0) is 38.5 Å². The summed E-state index contributed by atoms with van der Waals surface area (Å²) in [4.78, 5) is 0. The summed E-state index contributed by atoms with van der Waals surface area (Å²) in [7, 11) is 0. The minimum atomic E-state index is 0.485. The van der Waals surface area contributed by atoms with Crippen LogP contribution in [0.2, 0.25) is 0 Å². The Balaban J connectivity index is 2.53. The smallest absolute Gasteiger partial charge is 0.0767 e. The van der Waals surface area contributed by atoms with Crippen molar-refractivity contribution in [2.24, 2.45) is 5.73 Å². The topological polar surface area (TPSA) is 43.8 Å². The SMILES string of the molecule is Cc1ccc(-n2nc(CN)cc2C)c(C)c1. The Labute approximate surface area is 95.9 Å². The summed E-state index contributed by atoms with van der Waals surface area (Å²) < 4.78 is 1.96. The lowest BCUT2D eigenvalue weighted by atomic mass is 10.1. The molecule has 2 rings (SSSR count). The molecule has 0 saturated carbocycles. The fourth-order valence-electron chi connectivity index (χ4n) is 1.93. The van der Waals surface area contributed by atoms with Gasteiger partial charge in [0.1, 0.15) is 0 Å². The average Bonchev–Trinajstić information content (AvgIpc) is 2.60. The molecule has 0 aliphatic heterocycles.